The lowest BCUT2D eigenvalue weighted by molar-refractivity contribution is -0.380. The number of nitro groups is 1. The second kappa shape index (κ2) is 4.94. The summed E-state index contributed by atoms with van der Waals surface area (Å²) in [6, 6.07) is 8.37. The van der Waals surface area contributed by atoms with Gasteiger partial charge in [-0.25, -0.2) is 4.79 Å². The lowest BCUT2D eigenvalue weighted by Crippen LogP contribution is -2.20. The predicted octanol–water partition coefficient (Wildman–Crippen LogP) is 3.22. The van der Waals surface area contributed by atoms with Crippen molar-refractivity contribution in [3.05, 3.63) is 56.0 Å². The molecule has 0 aliphatic rings. The zero-order valence-corrected chi connectivity index (χ0v) is 12.3. The van der Waals surface area contributed by atoms with E-state index in [2.05, 4.69) is 4.98 Å². The van der Waals surface area contributed by atoms with Gasteiger partial charge >= 0.3 is 10.7 Å². The van der Waals surface area contributed by atoms with Crippen LogP contribution in [0.4, 0.5) is 5.00 Å². The van der Waals surface area contributed by atoms with E-state index in [-0.39, 0.29) is 5.00 Å². The molecule has 8 heteroatoms. The fourth-order valence-electron chi connectivity index (χ4n) is 2.05. The molecule has 0 unspecified atom stereocenters. The Balaban J connectivity index is 2.43. The Labute approximate surface area is 127 Å². The zero-order valence-electron chi connectivity index (χ0n) is 10.7. The van der Waals surface area contributed by atoms with Crippen molar-refractivity contribution in [2.45, 2.75) is 0 Å². The minimum absolute atomic E-state index is 0.0405. The fourth-order valence-corrected chi connectivity index (χ4v) is 3.21. The molecule has 0 saturated heterocycles. The average Bonchev–Trinajstić information content (AvgIpc) is 2.89. The van der Waals surface area contributed by atoms with Crippen LogP contribution in [0.5, 0.6) is 0 Å². The molecular formula is C13H8ClN3O3S. The van der Waals surface area contributed by atoms with Crippen LogP contribution in [-0.4, -0.2) is 14.5 Å². The molecule has 0 spiro atoms. The topological polar surface area (TPSA) is 78.0 Å². The van der Waals surface area contributed by atoms with Gasteiger partial charge in [0, 0.05) is 29.1 Å². The molecule has 1 aromatic carbocycles. The van der Waals surface area contributed by atoms with Gasteiger partial charge in [-0.05, 0) is 17.4 Å². The summed E-state index contributed by atoms with van der Waals surface area (Å²) in [5.74, 6) is 0. The Morgan fingerprint density at radius 2 is 2.10 bits per heavy atom. The average molecular weight is 322 g/mol. The SMILES string of the molecule is Cn1c(=O)nc(-c2ccccc2Cl)c2cc([N+](=O)[O-])sc21. The molecule has 0 N–H and O–H groups in total. The molecule has 2 heterocycles. The Kier molecular flexibility index (Phi) is 3.23. The highest BCUT2D eigenvalue weighted by Gasteiger charge is 2.19. The van der Waals surface area contributed by atoms with Crippen molar-refractivity contribution < 1.29 is 4.92 Å². The number of aryl methyl sites for hydroxylation is 1. The predicted molar refractivity (Wildman–Crippen MR) is 82.0 cm³/mol. The molecule has 3 rings (SSSR count). The molecule has 106 valence electrons. The van der Waals surface area contributed by atoms with E-state index in [1.807, 2.05) is 0 Å². The first kappa shape index (κ1) is 13.7. The minimum atomic E-state index is -0.481. The maximum absolute atomic E-state index is 12.0. The molecule has 0 aliphatic heterocycles. The number of rotatable bonds is 2. The van der Waals surface area contributed by atoms with Gasteiger partial charge in [0.05, 0.1) is 10.6 Å². The summed E-state index contributed by atoms with van der Waals surface area (Å²) < 4.78 is 1.30. The Hall–Kier alpha value is -2.25. The molecule has 3 aromatic rings. The van der Waals surface area contributed by atoms with Crippen LogP contribution in [0.15, 0.2) is 35.1 Å². The summed E-state index contributed by atoms with van der Waals surface area (Å²) >= 11 is 7.08. The number of halogens is 1. The molecule has 0 fully saturated rings. The largest absolute Gasteiger partial charge is 0.348 e. The van der Waals surface area contributed by atoms with E-state index in [0.717, 1.165) is 11.3 Å². The molecule has 0 bridgehead atoms. The van der Waals surface area contributed by atoms with Crippen molar-refractivity contribution in [3.63, 3.8) is 0 Å². The van der Waals surface area contributed by atoms with E-state index in [9.17, 15) is 14.9 Å². The summed E-state index contributed by atoms with van der Waals surface area (Å²) in [5, 5.41) is 11.9. The van der Waals surface area contributed by atoms with E-state index in [4.69, 9.17) is 11.6 Å². The maximum atomic E-state index is 12.0. The molecule has 0 radical (unpaired) electrons. The van der Waals surface area contributed by atoms with Crippen molar-refractivity contribution in [1.29, 1.82) is 0 Å². The monoisotopic (exact) mass is 321 g/mol. The van der Waals surface area contributed by atoms with Crippen LogP contribution in [0.1, 0.15) is 0 Å². The van der Waals surface area contributed by atoms with Crippen LogP contribution in [0, 0.1) is 10.1 Å². The molecule has 21 heavy (non-hydrogen) atoms. The quantitative estimate of drug-likeness (QED) is 0.536. The number of nitrogens with zero attached hydrogens (tertiary/aromatic N) is 3. The number of aromatic nitrogens is 2. The third kappa shape index (κ3) is 2.20. The number of benzene rings is 1. The lowest BCUT2D eigenvalue weighted by atomic mass is 10.1. The summed E-state index contributed by atoms with van der Waals surface area (Å²) in [6.45, 7) is 0. The molecule has 0 aliphatic carbocycles. The number of hydrogen-bond donors (Lipinski definition) is 0. The molecule has 0 saturated carbocycles. The first-order valence-corrected chi connectivity index (χ1v) is 7.08. The van der Waals surface area contributed by atoms with Crippen LogP contribution >= 0.6 is 22.9 Å². The number of hydrogen-bond acceptors (Lipinski definition) is 5. The standard InChI is InChI=1S/C13H8ClN3O3S/c1-16-12-8(6-10(21-12)17(19)20)11(15-13(16)18)7-4-2-3-5-9(7)14/h2-6H,1H3. The highest BCUT2D eigenvalue weighted by molar-refractivity contribution is 7.21. The highest BCUT2D eigenvalue weighted by Crippen LogP contribution is 2.37. The van der Waals surface area contributed by atoms with Gasteiger partial charge < -0.3 is 0 Å². The van der Waals surface area contributed by atoms with E-state index < -0.39 is 10.6 Å². The number of thiophene rings is 1. The minimum Gasteiger partial charge on any atom is -0.286 e. The van der Waals surface area contributed by atoms with Crippen LogP contribution in [0.3, 0.4) is 0 Å². The normalized spacial score (nSPS) is 11.0. The van der Waals surface area contributed by atoms with Gasteiger partial charge in [-0.2, -0.15) is 4.98 Å². The van der Waals surface area contributed by atoms with Crippen LogP contribution < -0.4 is 5.69 Å². The van der Waals surface area contributed by atoms with Gasteiger partial charge in [0.25, 0.3) is 0 Å². The van der Waals surface area contributed by atoms with Crippen molar-refractivity contribution in [2.75, 3.05) is 0 Å². The van der Waals surface area contributed by atoms with E-state index in [1.54, 1.807) is 24.3 Å². The van der Waals surface area contributed by atoms with E-state index in [0.29, 0.717) is 26.5 Å². The van der Waals surface area contributed by atoms with Gasteiger partial charge in [0.2, 0.25) is 0 Å². The van der Waals surface area contributed by atoms with E-state index in [1.165, 1.54) is 17.7 Å². The van der Waals surface area contributed by atoms with Crippen LogP contribution in [0.2, 0.25) is 5.02 Å². The fraction of sp³-hybridized carbons (Fsp3) is 0.0769. The van der Waals surface area contributed by atoms with Crippen molar-refractivity contribution in [2.24, 2.45) is 7.05 Å². The third-order valence-corrected chi connectivity index (χ3v) is 4.56. The van der Waals surface area contributed by atoms with Gasteiger partial charge in [-0.3, -0.25) is 14.7 Å². The number of fused-ring (bicyclic) bond motifs is 1. The molecule has 0 atom stereocenters. The van der Waals surface area contributed by atoms with Crippen LogP contribution in [0.25, 0.3) is 21.5 Å². The summed E-state index contributed by atoms with van der Waals surface area (Å²) in [5.41, 5.74) is 0.465. The first-order chi connectivity index (χ1) is 9.99. The molecule has 0 amide bonds. The highest BCUT2D eigenvalue weighted by atomic mass is 35.5. The molecule has 2 aromatic heterocycles. The molecule has 6 nitrogen and oxygen atoms in total. The molecular weight excluding hydrogens is 314 g/mol. The maximum Gasteiger partial charge on any atom is 0.348 e. The van der Waals surface area contributed by atoms with Gasteiger partial charge in [0.15, 0.2) is 0 Å². The van der Waals surface area contributed by atoms with Gasteiger partial charge in [-0.1, -0.05) is 29.8 Å². The van der Waals surface area contributed by atoms with Gasteiger partial charge in [0.1, 0.15) is 4.83 Å². The first-order valence-electron chi connectivity index (χ1n) is 5.89. The smallest absolute Gasteiger partial charge is 0.286 e. The lowest BCUT2D eigenvalue weighted by Gasteiger charge is -2.06. The summed E-state index contributed by atoms with van der Waals surface area (Å²) in [7, 11) is 1.54. The second-order valence-corrected chi connectivity index (χ2v) is 5.76. The van der Waals surface area contributed by atoms with Crippen molar-refractivity contribution in [3.8, 4) is 11.3 Å². The summed E-state index contributed by atoms with van der Waals surface area (Å²) in [4.78, 5) is 27.0. The van der Waals surface area contributed by atoms with Gasteiger partial charge in [-0.15, -0.1) is 0 Å². The third-order valence-electron chi connectivity index (χ3n) is 3.06. The van der Waals surface area contributed by atoms with E-state index >= 15 is 0 Å². The summed E-state index contributed by atoms with van der Waals surface area (Å²) in [6.07, 6.45) is 0. The zero-order chi connectivity index (χ0) is 15.1. The Morgan fingerprint density at radius 1 is 1.38 bits per heavy atom. The second-order valence-electron chi connectivity index (χ2n) is 4.34. The van der Waals surface area contributed by atoms with Crippen LogP contribution in [-0.2, 0) is 7.05 Å². The van der Waals surface area contributed by atoms with Crippen molar-refractivity contribution in [1.82, 2.24) is 9.55 Å². The Morgan fingerprint density at radius 3 is 2.76 bits per heavy atom. The van der Waals surface area contributed by atoms with Crippen molar-refractivity contribution >= 4 is 38.2 Å². The Bertz CT molecular complexity index is 932.